The van der Waals surface area contributed by atoms with Crippen LogP contribution in [-0.4, -0.2) is 6.61 Å². The third-order valence-corrected chi connectivity index (χ3v) is 2.90. The molecule has 2 aromatic carbocycles. The van der Waals surface area contributed by atoms with E-state index >= 15 is 0 Å². The largest absolute Gasteiger partial charge is 0.433 e. The number of anilines is 1. The fraction of sp³-hybridized carbons (Fsp3) is 0.143. The molecule has 0 aliphatic rings. The number of alkyl halides is 2. The summed E-state index contributed by atoms with van der Waals surface area (Å²) in [4.78, 5) is 0. The summed E-state index contributed by atoms with van der Waals surface area (Å²) in [5.41, 5.74) is 1.39. The van der Waals surface area contributed by atoms with E-state index in [2.05, 4.69) is 10.1 Å². The van der Waals surface area contributed by atoms with Crippen molar-refractivity contribution >= 4 is 17.3 Å². The summed E-state index contributed by atoms with van der Waals surface area (Å²) >= 11 is 6.02. The predicted octanol–water partition coefficient (Wildman–Crippen LogP) is 4.55. The second kappa shape index (κ2) is 6.38. The number of halogens is 3. The van der Waals surface area contributed by atoms with Crippen LogP contribution in [0.2, 0.25) is 5.02 Å². The van der Waals surface area contributed by atoms with Gasteiger partial charge in [0.1, 0.15) is 5.75 Å². The van der Waals surface area contributed by atoms with E-state index in [4.69, 9.17) is 11.6 Å². The topological polar surface area (TPSA) is 21.3 Å². The number of benzene rings is 2. The summed E-state index contributed by atoms with van der Waals surface area (Å²) in [5, 5.41) is 3.66. The second-order valence-corrected chi connectivity index (χ2v) is 4.23. The molecule has 0 bridgehead atoms. The van der Waals surface area contributed by atoms with Crippen molar-refractivity contribution in [3.8, 4) is 5.75 Å². The molecular formula is C14H12ClF2NO. The first-order chi connectivity index (χ1) is 9.16. The molecule has 0 heterocycles. The first kappa shape index (κ1) is 13.6. The van der Waals surface area contributed by atoms with Gasteiger partial charge in [0.05, 0.1) is 5.69 Å². The van der Waals surface area contributed by atoms with E-state index in [9.17, 15) is 8.78 Å². The van der Waals surface area contributed by atoms with Gasteiger partial charge in [0.2, 0.25) is 0 Å². The molecule has 0 aromatic heterocycles. The number of nitrogens with one attached hydrogen (secondary N) is 1. The van der Waals surface area contributed by atoms with Crippen LogP contribution in [0.3, 0.4) is 0 Å². The highest BCUT2D eigenvalue weighted by molar-refractivity contribution is 6.31. The molecule has 2 nitrogen and oxygen atoms in total. The number of rotatable bonds is 5. The fourth-order valence-corrected chi connectivity index (χ4v) is 1.85. The highest BCUT2D eigenvalue weighted by Crippen LogP contribution is 2.26. The van der Waals surface area contributed by atoms with Gasteiger partial charge in [-0.3, -0.25) is 0 Å². The number of hydrogen-bond donors (Lipinski definition) is 1. The van der Waals surface area contributed by atoms with E-state index in [0.29, 0.717) is 17.3 Å². The van der Waals surface area contributed by atoms with Crippen molar-refractivity contribution in [3.05, 3.63) is 59.1 Å². The summed E-state index contributed by atoms with van der Waals surface area (Å²) in [7, 11) is 0. The average Bonchev–Trinajstić information content (AvgIpc) is 2.39. The monoisotopic (exact) mass is 283 g/mol. The standard InChI is InChI=1S/C14H12ClF2NO/c15-11-6-2-1-5-10(11)9-18-12-7-3-4-8-13(12)19-14(16)17/h1-8,14,18H,9H2. The first-order valence-electron chi connectivity index (χ1n) is 5.68. The van der Waals surface area contributed by atoms with Crippen LogP contribution in [0.1, 0.15) is 5.56 Å². The zero-order chi connectivity index (χ0) is 13.7. The maximum Gasteiger partial charge on any atom is 0.387 e. The van der Waals surface area contributed by atoms with Gasteiger partial charge in [0, 0.05) is 11.6 Å². The van der Waals surface area contributed by atoms with Crippen molar-refractivity contribution in [1.82, 2.24) is 0 Å². The number of para-hydroxylation sites is 2. The van der Waals surface area contributed by atoms with Crippen molar-refractivity contribution < 1.29 is 13.5 Å². The van der Waals surface area contributed by atoms with Gasteiger partial charge in [-0.05, 0) is 23.8 Å². The lowest BCUT2D eigenvalue weighted by atomic mass is 10.2. The van der Waals surface area contributed by atoms with E-state index in [1.807, 2.05) is 18.2 Å². The third-order valence-electron chi connectivity index (χ3n) is 2.53. The molecule has 1 N–H and O–H groups in total. The lowest BCUT2D eigenvalue weighted by Crippen LogP contribution is -2.06. The van der Waals surface area contributed by atoms with E-state index in [1.165, 1.54) is 6.07 Å². The van der Waals surface area contributed by atoms with Crippen molar-refractivity contribution in [2.45, 2.75) is 13.2 Å². The maximum absolute atomic E-state index is 12.3. The molecule has 0 aliphatic heterocycles. The van der Waals surface area contributed by atoms with Crippen LogP contribution in [0, 0.1) is 0 Å². The van der Waals surface area contributed by atoms with E-state index < -0.39 is 6.61 Å². The molecule has 0 atom stereocenters. The third kappa shape index (κ3) is 3.83. The van der Waals surface area contributed by atoms with Crippen LogP contribution in [0.15, 0.2) is 48.5 Å². The molecule has 0 radical (unpaired) electrons. The molecule has 100 valence electrons. The molecule has 0 aliphatic carbocycles. The Morgan fingerprint density at radius 1 is 1.05 bits per heavy atom. The Bertz CT molecular complexity index is 548. The maximum atomic E-state index is 12.3. The summed E-state index contributed by atoms with van der Waals surface area (Å²) in [6.45, 7) is -2.41. The molecule has 0 fully saturated rings. The molecule has 0 unspecified atom stereocenters. The summed E-state index contributed by atoms with van der Waals surface area (Å²) < 4.78 is 28.9. The quantitative estimate of drug-likeness (QED) is 0.869. The van der Waals surface area contributed by atoms with Crippen LogP contribution in [-0.2, 0) is 6.54 Å². The Kier molecular flexibility index (Phi) is 4.58. The highest BCUT2D eigenvalue weighted by atomic mass is 35.5. The minimum atomic E-state index is -2.84. The van der Waals surface area contributed by atoms with Crippen LogP contribution < -0.4 is 10.1 Å². The predicted molar refractivity (Wildman–Crippen MR) is 71.9 cm³/mol. The summed E-state index contributed by atoms with van der Waals surface area (Å²) in [6.07, 6.45) is 0. The van der Waals surface area contributed by atoms with Gasteiger partial charge in [-0.2, -0.15) is 8.78 Å². The summed E-state index contributed by atoms with van der Waals surface area (Å²) in [5.74, 6) is 0.115. The zero-order valence-electron chi connectivity index (χ0n) is 9.95. The summed E-state index contributed by atoms with van der Waals surface area (Å²) in [6, 6.07) is 13.9. The average molecular weight is 284 g/mol. The van der Waals surface area contributed by atoms with Crippen molar-refractivity contribution in [3.63, 3.8) is 0 Å². The van der Waals surface area contributed by atoms with Gasteiger partial charge >= 0.3 is 6.61 Å². The minimum Gasteiger partial charge on any atom is -0.433 e. The van der Waals surface area contributed by atoms with E-state index in [-0.39, 0.29) is 5.75 Å². The lowest BCUT2D eigenvalue weighted by Gasteiger charge is -2.13. The van der Waals surface area contributed by atoms with Gasteiger partial charge in [0.15, 0.2) is 0 Å². The van der Waals surface area contributed by atoms with Crippen LogP contribution in [0.4, 0.5) is 14.5 Å². The number of ether oxygens (including phenoxy) is 1. The zero-order valence-corrected chi connectivity index (χ0v) is 10.7. The normalized spacial score (nSPS) is 10.5. The molecule has 5 heteroatoms. The molecule has 0 amide bonds. The Balaban J connectivity index is 2.09. The van der Waals surface area contributed by atoms with Gasteiger partial charge in [-0.15, -0.1) is 0 Å². The fourth-order valence-electron chi connectivity index (χ4n) is 1.64. The molecular weight excluding hydrogens is 272 g/mol. The van der Waals surface area contributed by atoms with E-state index in [0.717, 1.165) is 5.56 Å². The van der Waals surface area contributed by atoms with Crippen molar-refractivity contribution in [2.75, 3.05) is 5.32 Å². The highest BCUT2D eigenvalue weighted by Gasteiger charge is 2.09. The smallest absolute Gasteiger partial charge is 0.387 e. The Morgan fingerprint density at radius 2 is 1.74 bits per heavy atom. The molecule has 0 spiro atoms. The van der Waals surface area contributed by atoms with Gasteiger partial charge in [-0.25, -0.2) is 0 Å². The minimum absolute atomic E-state index is 0.115. The SMILES string of the molecule is FC(F)Oc1ccccc1NCc1ccccc1Cl. The number of hydrogen-bond acceptors (Lipinski definition) is 2. The van der Waals surface area contributed by atoms with Crippen LogP contribution in [0.25, 0.3) is 0 Å². The van der Waals surface area contributed by atoms with Crippen LogP contribution in [0.5, 0.6) is 5.75 Å². The van der Waals surface area contributed by atoms with Crippen molar-refractivity contribution in [1.29, 1.82) is 0 Å². The van der Waals surface area contributed by atoms with Crippen molar-refractivity contribution in [2.24, 2.45) is 0 Å². The first-order valence-corrected chi connectivity index (χ1v) is 6.06. The van der Waals surface area contributed by atoms with Gasteiger partial charge in [-0.1, -0.05) is 41.9 Å². The molecule has 2 aromatic rings. The van der Waals surface area contributed by atoms with Gasteiger partial charge < -0.3 is 10.1 Å². The Morgan fingerprint density at radius 3 is 2.47 bits per heavy atom. The second-order valence-electron chi connectivity index (χ2n) is 3.82. The van der Waals surface area contributed by atoms with Gasteiger partial charge in [0.25, 0.3) is 0 Å². The molecule has 0 saturated heterocycles. The van der Waals surface area contributed by atoms with Crippen LogP contribution >= 0.6 is 11.6 Å². The Hall–Kier alpha value is -1.81. The lowest BCUT2D eigenvalue weighted by molar-refractivity contribution is -0.0493. The molecule has 2 rings (SSSR count). The van der Waals surface area contributed by atoms with E-state index in [1.54, 1.807) is 24.3 Å². The molecule has 19 heavy (non-hydrogen) atoms. The Labute approximate surface area is 115 Å². The molecule has 0 saturated carbocycles.